The fraction of sp³-hybridized carbons (Fsp3) is 0.263. The summed E-state index contributed by atoms with van der Waals surface area (Å²) in [6.45, 7) is 3.02. The lowest BCUT2D eigenvalue weighted by Gasteiger charge is -2.28. The van der Waals surface area contributed by atoms with Crippen molar-refractivity contribution in [1.82, 2.24) is 5.32 Å². The summed E-state index contributed by atoms with van der Waals surface area (Å²) >= 11 is 0. The summed E-state index contributed by atoms with van der Waals surface area (Å²) in [4.78, 5) is 26.3. The Balaban J connectivity index is 1.78. The van der Waals surface area contributed by atoms with Gasteiger partial charge >= 0.3 is 6.03 Å². The zero-order chi connectivity index (χ0) is 17.9. The molecule has 0 bridgehead atoms. The van der Waals surface area contributed by atoms with Gasteiger partial charge in [0.05, 0.1) is 0 Å². The second kappa shape index (κ2) is 6.94. The van der Waals surface area contributed by atoms with Crippen LogP contribution in [0.2, 0.25) is 0 Å². The van der Waals surface area contributed by atoms with Gasteiger partial charge in [0, 0.05) is 24.5 Å². The summed E-state index contributed by atoms with van der Waals surface area (Å²) in [5.41, 5.74) is 7.18. The average molecular weight is 338 g/mol. The number of nitrogens with one attached hydrogen (secondary N) is 2. The molecule has 1 atom stereocenters. The summed E-state index contributed by atoms with van der Waals surface area (Å²) in [6, 6.07) is 16.3. The fourth-order valence-electron chi connectivity index (χ4n) is 2.80. The van der Waals surface area contributed by atoms with Crippen LogP contribution in [-0.4, -0.2) is 25.0 Å². The molecule has 25 heavy (non-hydrogen) atoms. The maximum atomic E-state index is 12.7. The first kappa shape index (κ1) is 17.0. The second-order valence-corrected chi connectivity index (χ2v) is 6.31. The van der Waals surface area contributed by atoms with Crippen LogP contribution in [0.3, 0.4) is 0 Å². The monoisotopic (exact) mass is 338 g/mol. The van der Waals surface area contributed by atoms with Crippen LogP contribution < -0.4 is 21.3 Å². The standard InChI is InChI=1S/C19H22N4O2/c1-19(20,14-7-3-2-4-8-14)17(24)22-15-9-5-10-16(13-15)23-12-6-11-21-18(23)25/h2-5,7-10,13H,6,11-12,20H2,1H3,(H,21,25)(H,22,24). The highest BCUT2D eigenvalue weighted by atomic mass is 16.2. The van der Waals surface area contributed by atoms with Crippen molar-refractivity contribution in [3.8, 4) is 0 Å². The van der Waals surface area contributed by atoms with E-state index in [-0.39, 0.29) is 11.9 Å². The van der Waals surface area contributed by atoms with Crippen LogP contribution in [0.15, 0.2) is 54.6 Å². The number of rotatable bonds is 4. The quantitative estimate of drug-likeness (QED) is 0.800. The first-order valence-corrected chi connectivity index (χ1v) is 8.30. The lowest BCUT2D eigenvalue weighted by Crippen LogP contribution is -2.46. The molecule has 0 aliphatic carbocycles. The molecule has 6 nitrogen and oxygen atoms in total. The van der Waals surface area contributed by atoms with Crippen molar-refractivity contribution in [1.29, 1.82) is 0 Å². The van der Waals surface area contributed by atoms with Crippen molar-refractivity contribution in [2.45, 2.75) is 18.9 Å². The van der Waals surface area contributed by atoms with E-state index in [1.807, 2.05) is 42.5 Å². The molecule has 2 aromatic carbocycles. The van der Waals surface area contributed by atoms with Crippen LogP contribution in [0, 0.1) is 0 Å². The maximum absolute atomic E-state index is 12.7. The summed E-state index contributed by atoms with van der Waals surface area (Å²) < 4.78 is 0. The Morgan fingerprint density at radius 2 is 1.96 bits per heavy atom. The van der Waals surface area contributed by atoms with Crippen LogP contribution in [0.1, 0.15) is 18.9 Å². The van der Waals surface area contributed by atoms with Crippen molar-refractivity contribution in [2.24, 2.45) is 5.73 Å². The van der Waals surface area contributed by atoms with Crippen molar-refractivity contribution >= 4 is 23.3 Å². The number of hydrogen-bond acceptors (Lipinski definition) is 3. The highest BCUT2D eigenvalue weighted by molar-refractivity contribution is 5.99. The predicted octanol–water partition coefficient (Wildman–Crippen LogP) is 2.42. The molecule has 4 N–H and O–H groups in total. The van der Waals surface area contributed by atoms with E-state index in [1.165, 1.54) is 0 Å². The second-order valence-electron chi connectivity index (χ2n) is 6.31. The zero-order valence-corrected chi connectivity index (χ0v) is 14.2. The third-order valence-corrected chi connectivity index (χ3v) is 4.34. The van der Waals surface area contributed by atoms with Gasteiger partial charge in [0.1, 0.15) is 5.54 Å². The zero-order valence-electron chi connectivity index (χ0n) is 14.2. The van der Waals surface area contributed by atoms with E-state index in [0.717, 1.165) is 17.7 Å². The summed E-state index contributed by atoms with van der Waals surface area (Å²) in [5.74, 6) is -0.307. The minimum absolute atomic E-state index is 0.123. The molecule has 1 saturated heterocycles. The normalized spacial score (nSPS) is 16.7. The van der Waals surface area contributed by atoms with Gasteiger partial charge in [-0.15, -0.1) is 0 Å². The molecule has 0 spiro atoms. The molecule has 130 valence electrons. The van der Waals surface area contributed by atoms with E-state index in [2.05, 4.69) is 10.6 Å². The van der Waals surface area contributed by atoms with Crippen molar-refractivity contribution < 1.29 is 9.59 Å². The Hall–Kier alpha value is -2.86. The van der Waals surface area contributed by atoms with Gasteiger partial charge in [-0.05, 0) is 37.1 Å². The van der Waals surface area contributed by atoms with E-state index in [0.29, 0.717) is 18.8 Å². The number of carbonyl (C=O) groups is 2. The molecule has 0 radical (unpaired) electrons. The molecule has 0 saturated carbocycles. The Labute approximate surface area is 147 Å². The van der Waals surface area contributed by atoms with Gasteiger partial charge < -0.3 is 16.4 Å². The SMILES string of the molecule is CC(N)(C(=O)Nc1cccc(N2CCCNC2=O)c1)c1ccccc1. The molecule has 1 aliphatic heterocycles. The Morgan fingerprint density at radius 1 is 1.20 bits per heavy atom. The van der Waals surface area contributed by atoms with Crippen LogP contribution in [0.4, 0.5) is 16.2 Å². The molecule has 3 amide bonds. The van der Waals surface area contributed by atoms with Gasteiger partial charge in [-0.25, -0.2) is 4.79 Å². The summed E-state index contributed by atoms with van der Waals surface area (Å²) in [7, 11) is 0. The molecule has 2 aromatic rings. The Bertz CT molecular complexity index is 774. The third kappa shape index (κ3) is 3.64. The van der Waals surface area contributed by atoms with Crippen molar-refractivity contribution in [3.05, 3.63) is 60.2 Å². The number of hydrogen-bond donors (Lipinski definition) is 3. The molecular formula is C19H22N4O2. The molecular weight excluding hydrogens is 316 g/mol. The lowest BCUT2D eigenvalue weighted by molar-refractivity contribution is -0.120. The number of nitrogens with two attached hydrogens (primary N) is 1. The van der Waals surface area contributed by atoms with Crippen LogP contribution in [-0.2, 0) is 10.3 Å². The van der Waals surface area contributed by atoms with E-state index in [9.17, 15) is 9.59 Å². The van der Waals surface area contributed by atoms with Crippen molar-refractivity contribution in [3.63, 3.8) is 0 Å². The molecule has 1 aliphatic rings. The van der Waals surface area contributed by atoms with Gasteiger partial charge in [0.15, 0.2) is 0 Å². The van der Waals surface area contributed by atoms with Crippen molar-refractivity contribution in [2.75, 3.05) is 23.3 Å². The van der Waals surface area contributed by atoms with Gasteiger partial charge in [-0.1, -0.05) is 36.4 Å². The van der Waals surface area contributed by atoms with E-state index in [4.69, 9.17) is 5.73 Å². The summed E-state index contributed by atoms with van der Waals surface area (Å²) in [5, 5.41) is 5.67. The smallest absolute Gasteiger partial charge is 0.321 e. The highest BCUT2D eigenvalue weighted by Crippen LogP contribution is 2.24. The molecule has 1 heterocycles. The Morgan fingerprint density at radius 3 is 2.68 bits per heavy atom. The predicted molar refractivity (Wildman–Crippen MR) is 98.4 cm³/mol. The highest BCUT2D eigenvalue weighted by Gasteiger charge is 2.30. The number of urea groups is 1. The lowest BCUT2D eigenvalue weighted by atomic mass is 9.92. The number of benzene rings is 2. The van der Waals surface area contributed by atoms with Gasteiger partial charge in [0.2, 0.25) is 5.91 Å². The largest absolute Gasteiger partial charge is 0.338 e. The molecule has 1 fully saturated rings. The van der Waals surface area contributed by atoms with E-state index in [1.54, 1.807) is 24.0 Å². The fourth-order valence-corrected chi connectivity index (χ4v) is 2.80. The van der Waals surface area contributed by atoms with Crippen LogP contribution in [0.5, 0.6) is 0 Å². The minimum atomic E-state index is -1.15. The number of carbonyl (C=O) groups excluding carboxylic acids is 2. The van der Waals surface area contributed by atoms with Gasteiger partial charge in [-0.2, -0.15) is 0 Å². The topological polar surface area (TPSA) is 87.5 Å². The minimum Gasteiger partial charge on any atom is -0.338 e. The third-order valence-electron chi connectivity index (χ3n) is 4.34. The molecule has 0 aromatic heterocycles. The number of nitrogens with zero attached hydrogens (tertiary/aromatic N) is 1. The van der Waals surface area contributed by atoms with Crippen LogP contribution >= 0.6 is 0 Å². The summed E-state index contributed by atoms with van der Waals surface area (Å²) in [6.07, 6.45) is 0.886. The molecule has 6 heteroatoms. The van der Waals surface area contributed by atoms with Gasteiger partial charge in [-0.3, -0.25) is 9.69 Å². The molecule has 3 rings (SSSR count). The molecule has 1 unspecified atom stereocenters. The maximum Gasteiger partial charge on any atom is 0.321 e. The number of anilines is 2. The average Bonchev–Trinajstić information content (AvgIpc) is 2.63. The first-order chi connectivity index (χ1) is 12.0. The van der Waals surface area contributed by atoms with E-state index >= 15 is 0 Å². The van der Waals surface area contributed by atoms with Crippen LogP contribution in [0.25, 0.3) is 0 Å². The Kier molecular flexibility index (Phi) is 4.72. The first-order valence-electron chi connectivity index (χ1n) is 8.30. The van der Waals surface area contributed by atoms with E-state index < -0.39 is 5.54 Å². The van der Waals surface area contributed by atoms with Gasteiger partial charge in [0.25, 0.3) is 0 Å². The number of amides is 3.